The average molecular weight is 656 g/mol. The number of likely N-dealkylation sites (N-methyl/N-ethyl adjacent to an activating group) is 1. The SMILES string of the molecule is CN=C(C)c1n[nH]c(C2CCN(Cc3ccc(-c4nc5ccnc(N/N=C/CN6CCN(C)CC6)c5cc4-c4ccccc4)cc3)CC2)n1. The van der Waals surface area contributed by atoms with Gasteiger partial charge in [0.15, 0.2) is 11.6 Å². The Labute approximate surface area is 288 Å². The summed E-state index contributed by atoms with van der Waals surface area (Å²) in [5.74, 6) is 2.79. The molecule has 0 radical (unpaired) electrons. The van der Waals surface area contributed by atoms with Crippen molar-refractivity contribution in [3.05, 3.63) is 90.1 Å². The van der Waals surface area contributed by atoms with E-state index >= 15 is 0 Å². The minimum absolute atomic E-state index is 0.403. The largest absolute Gasteiger partial charge is 0.304 e. The molecule has 5 aromatic rings. The molecular formula is C38H45N11. The molecule has 2 fully saturated rings. The van der Waals surface area contributed by atoms with E-state index in [0.717, 1.165) is 110 Å². The molecule has 0 bridgehead atoms. The van der Waals surface area contributed by atoms with Crippen molar-refractivity contribution in [3.8, 4) is 22.4 Å². The fourth-order valence-electron chi connectivity index (χ4n) is 6.65. The number of rotatable bonds is 10. The number of nitrogens with one attached hydrogen (secondary N) is 2. The van der Waals surface area contributed by atoms with Gasteiger partial charge in [-0.25, -0.2) is 15.0 Å². The average Bonchev–Trinajstić information content (AvgIpc) is 3.65. The number of aromatic amines is 1. The third-order valence-corrected chi connectivity index (χ3v) is 9.79. The Hall–Kier alpha value is -4.84. The molecule has 11 heteroatoms. The van der Waals surface area contributed by atoms with Gasteiger partial charge in [-0.1, -0.05) is 54.6 Å². The van der Waals surface area contributed by atoms with Gasteiger partial charge in [-0.15, -0.1) is 0 Å². The lowest BCUT2D eigenvalue weighted by molar-refractivity contribution is 0.171. The number of piperidine rings is 1. The van der Waals surface area contributed by atoms with Crippen LogP contribution in [0.3, 0.4) is 0 Å². The summed E-state index contributed by atoms with van der Waals surface area (Å²) in [5, 5.41) is 13.0. The van der Waals surface area contributed by atoms with E-state index in [1.165, 1.54) is 5.56 Å². The van der Waals surface area contributed by atoms with E-state index < -0.39 is 0 Å². The second-order valence-corrected chi connectivity index (χ2v) is 13.1. The van der Waals surface area contributed by atoms with Crippen LogP contribution >= 0.6 is 0 Å². The monoisotopic (exact) mass is 655 g/mol. The second-order valence-electron chi connectivity index (χ2n) is 13.1. The molecule has 3 aromatic heterocycles. The summed E-state index contributed by atoms with van der Waals surface area (Å²) in [6.45, 7) is 10.0. The summed E-state index contributed by atoms with van der Waals surface area (Å²) in [6, 6.07) is 23.5. The first-order chi connectivity index (χ1) is 24.0. The highest BCUT2D eigenvalue weighted by Gasteiger charge is 2.24. The molecule has 11 nitrogen and oxygen atoms in total. The third kappa shape index (κ3) is 7.75. The van der Waals surface area contributed by atoms with Crippen molar-refractivity contribution in [2.45, 2.75) is 32.2 Å². The Bertz CT molecular complexity index is 1900. The topological polar surface area (TPSA) is 114 Å². The molecule has 0 amide bonds. The fraction of sp³-hybridized carbons (Fsp3) is 0.368. The van der Waals surface area contributed by atoms with Gasteiger partial charge in [0.05, 0.1) is 16.9 Å². The van der Waals surface area contributed by atoms with Gasteiger partial charge in [-0.3, -0.25) is 25.3 Å². The van der Waals surface area contributed by atoms with E-state index in [2.05, 4.69) is 107 Å². The number of aliphatic imine (C=N–C) groups is 1. The number of hydrogen-bond donors (Lipinski definition) is 2. The van der Waals surface area contributed by atoms with Crippen molar-refractivity contribution >= 4 is 28.6 Å². The Morgan fingerprint density at radius 1 is 0.918 bits per heavy atom. The number of nitrogens with zero attached hydrogens (tertiary/aromatic N) is 9. The highest BCUT2D eigenvalue weighted by atomic mass is 15.3. The molecule has 0 atom stereocenters. The van der Waals surface area contributed by atoms with Crippen LogP contribution in [-0.2, 0) is 6.54 Å². The zero-order valence-corrected chi connectivity index (χ0v) is 28.7. The number of hydrazone groups is 1. The molecule has 2 aliphatic heterocycles. The minimum Gasteiger partial charge on any atom is -0.304 e. The van der Waals surface area contributed by atoms with Gasteiger partial charge in [0.25, 0.3) is 0 Å². The lowest BCUT2D eigenvalue weighted by atomic mass is 9.95. The molecule has 252 valence electrons. The fourth-order valence-corrected chi connectivity index (χ4v) is 6.65. The number of pyridine rings is 2. The summed E-state index contributed by atoms with van der Waals surface area (Å²) >= 11 is 0. The maximum Gasteiger partial charge on any atom is 0.194 e. The van der Waals surface area contributed by atoms with Crippen LogP contribution in [0.2, 0.25) is 0 Å². The van der Waals surface area contributed by atoms with Crippen molar-refractivity contribution in [1.29, 1.82) is 0 Å². The number of anilines is 1. The number of benzene rings is 2. The molecular weight excluding hydrogens is 610 g/mol. The normalized spacial score (nSPS) is 17.3. The first-order valence-electron chi connectivity index (χ1n) is 17.3. The molecule has 0 aliphatic carbocycles. The summed E-state index contributed by atoms with van der Waals surface area (Å²) in [7, 11) is 3.94. The molecule has 2 aliphatic rings. The maximum absolute atomic E-state index is 5.22. The lowest BCUT2D eigenvalue weighted by Crippen LogP contribution is -2.45. The van der Waals surface area contributed by atoms with Crippen LogP contribution in [0.1, 0.15) is 42.9 Å². The first kappa shape index (κ1) is 32.7. The Morgan fingerprint density at radius 2 is 1.69 bits per heavy atom. The lowest BCUT2D eigenvalue weighted by Gasteiger charge is -2.31. The molecule has 2 saturated heterocycles. The molecule has 5 heterocycles. The number of likely N-dealkylation sites (tertiary alicyclic amines) is 1. The first-order valence-corrected chi connectivity index (χ1v) is 17.3. The van der Waals surface area contributed by atoms with Gasteiger partial charge >= 0.3 is 0 Å². The number of aromatic nitrogens is 5. The molecule has 0 saturated carbocycles. The van der Waals surface area contributed by atoms with Gasteiger partial charge in [-0.2, -0.15) is 10.2 Å². The van der Waals surface area contributed by atoms with Gasteiger partial charge in [0.2, 0.25) is 0 Å². The van der Waals surface area contributed by atoms with Crippen molar-refractivity contribution in [3.63, 3.8) is 0 Å². The predicted octanol–water partition coefficient (Wildman–Crippen LogP) is 5.55. The molecule has 49 heavy (non-hydrogen) atoms. The highest BCUT2D eigenvalue weighted by Crippen LogP contribution is 2.35. The molecule has 0 spiro atoms. The van der Waals surface area contributed by atoms with Crippen molar-refractivity contribution < 1.29 is 0 Å². The Morgan fingerprint density at radius 3 is 2.45 bits per heavy atom. The summed E-state index contributed by atoms with van der Waals surface area (Å²) in [4.78, 5) is 26.1. The number of fused-ring (bicyclic) bond motifs is 1. The van der Waals surface area contributed by atoms with E-state index in [1.807, 2.05) is 25.3 Å². The van der Waals surface area contributed by atoms with E-state index in [9.17, 15) is 0 Å². The van der Waals surface area contributed by atoms with Crippen LogP contribution in [0.15, 0.2) is 83.0 Å². The van der Waals surface area contributed by atoms with Crippen molar-refractivity contribution in [2.24, 2.45) is 10.1 Å². The van der Waals surface area contributed by atoms with Crippen LogP contribution in [0.25, 0.3) is 33.3 Å². The molecule has 2 aromatic carbocycles. The zero-order chi connectivity index (χ0) is 33.6. The van der Waals surface area contributed by atoms with E-state index in [0.29, 0.717) is 17.6 Å². The Kier molecular flexibility index (Phi) is 10.1. The number of piperazine rings is 1. The third-order valence-electron chi connectivity index (χ3n) is 9.79. The smallest absolute Gasteiger partial charge is 0.194 e. The second kappa shape index (κ2) is 15.1. The van der Waals surface area contributed by atoms with E-state index in [-0.39, 0.29) is 0 Å². The van der Waals surface area contributed by atoms with Gasteiger partial charge in [0, 0.05) is 81.2 Å². The molecule has 0 unspecified atom stereocenters. The minimum atomic E-state index is 0.403. The van der Waals surface area contributed by atoms with Crippen LogP contribution in [-0.4, -0.2) is 112 Å². The number of hydrogen-bond acceptors (Lipinski definition) is 10. The van der Waals surface area contributed by atoms with Crippen molar-refractivity contribution in [2.75, 3.05) is 65.3 Å². The van der Waals surface area contributed by atoms with Gasteiger partial charge < -0.3 is 4.90 Å². The standard InChI is InChI=1S/C38H45N11/c1-27(39-2)36-43-37(46-45-36)31-14-18-49(19-15-31)26-28-9-11-30(12-10-28)35-32(29-7-5-4-6-8-29)25-33-34(42-35)13-16-40-38(33)44-41-17-20-48-23-21-47(3)22-24-48/h4-13,16-17,25,31H,14-15,18-24,26H2,1-3H3,(H,40,44)(H,43,45,46)/b39-27?,41-17+. The van der Waals surface area contributed by atoms with E-state index in [1.54, 1.807) is 13.2 Å². The summed E-state index contributed by atoms with van der Waals surface area (Å²) in [6.07, 6.45) is 5.85. The molecule has 7 rings (SSSR count). The van der Waals surface area contributed by atoms with Crippen LogP contribution < -0.4 is 5.43 Å². The van der Waals surface area contributed by atoms with E-state index in [4.69, 9.17) is 9.97 Å². The van der Waals surface area contributed by atoms with Crippen LogP contribution in [0, 0.1) is 0 Å². The predicted molar refractivity (Wildman–Crippen MR) is 198 cm³/mol. The summed E-state index contributed by atoms with van der Waals surface area (Å²) in [5.41, 5.74) is 10.5. The van der Waals surface area contributed by atoms with Crippen molar-refractivity contribution in [1.82, 2.24) is 39.8 Å². The van der Waals surface area contributed by atoms with Gasteiger partial charge in [-0.05, 0) is 63.2 Å². The number of H-pyrrole nitrogens is 1. The Balaban J connectivity index is 1.06. The molecule has 2 N–H and O–H groups in total. The van der Waals surface area contributed by atoms with Crippen LogP contribution in [0.4, 0.5) is 5.82 Å². The maximum atomic E-state index is 5.22. The highest BCUT2D eigenvalue weighted by molar-refractivity contribution is 5.97. The van der Waals surface area contributed by atoms with Gasteiger partial charge in [0.1, 0.15) is 5.82 Å². The zero-order valence-electron chi connectivity index (χ0n) is 28.7. The van der Waals surface area contributed by atoms with Crippen LogP contribution in [0.5, 0.6) is 0 Å². The summed E-state index contributed by atoms with van der Waals surface area (Å²) < 4.78 is 0. The quantitative estimate of drug-likeness (QED) is 0.149.